The number of aryl methyl sites for hydroxylation is 1. The fourth-order valence-corrected chi connectivity index (χ4v) is 5.08. The van der Waals surface area contributed by atoms with Crippen LogP contribution in [0.25, 0.3) is 0 Å². The molecule has 132 valence electrons. The van der Waals surface area contributed by atoms with Crippen LogP contribution < -0.4 is 0 Å². The van der Waals surface area contributed by atoms with Gasteiger partial charge >= 0.3 is 0 Å². The van der Waals surface area contributed by atoms with Crippen molar-refractivity contribution in [2.75, 3.05) is 19.7 Å². The average Bonchev–Trinajstić information content (AvgIpc) is 3.19. The normalized spacial score (nSPS) is 31.6. The molecule has 25 heavy (non-hydrogen) atoms. The van der Waals surface area contributed by atoms with Gasteiger partial charge in [0.05, 0.1) is 6.10 Å². The van der Waals surface area contributed by atoms with Crippen molar-refractivity contribution >= 4 is 0 Å². The second kappa shape index (κ2) is 6.56. The van der Waals surface area contributed by atoms with Gasteiger partial charge in [0, 0.05) is 31.7 Å². The standard InChI is InChI=1S/C22H27NO2/c1-2-16-8-6-7-11-18(16)12-23-13-20(25)22(15-23)19(14-24)21(22)17-9-4-3-5-10-17/h3-11,19-21,24-25H,2,12-15H2,1H3/t19-,20-,21-,22-/m1/s1. The molecule has 2 aromatic carbocycles. The van der Waals surface area contributed by atoms with Crippen LogP contribution in [0.4, 0.5) is 0 Å². The molecule has 1 saturated carbocycles. The highest BCUT2D eigenvalue weighted by Gasteiger charge is 2.70. The Bertz CT molecular complexity index is 732. The van der Waals surface area contributed by atoms with E-state index in [1.54, 1.807) is 0 Å². The van der Waals surface area contributed by atoms with Crippen LogP contribution in [-0.4, -0.2) is 40.9 Å². The van der Waals surface area contributed by atoms with Crippen LogP contribution in [0, 0.1) is 11.3 Å². The fourth-order valence-electron chi connectivity index (χ4n) is 5.08. The van der Waals surface area contributed by atoms with E-state index in [0.717, 1.165) is 19.5 Å². The van der Waals surface area contributed by atoms with Gasteiger partial charge < -0.3 is 10.2 Å². The minimum atomic E-state index is -0.372. The SMILES string of the molecule is CCc1ccccc1CN1C[C@@H](O)[C@@]2(C1)[C@H](CO)[C@H]2c1ccccc1. The van der Waals surface area contributed by atoms with E-state index < -0.39 is 0 Å². The maximum atomic E-state index is 10.9. The summed E-state index contributed by atoms with van der Waals surface area (Å²) in [7, 11) is 0. The van der Waals surface area contributed by atoms with E-state index >= 15 is 0 Å². The number of hydrogen-bond acceptors (Lipinski definition) is 3. The van der Waals surface area contributed by atoms with Crippen molar-refractivity contribution < 1.29 is 10.2 Å². The molecule has 3 heteroatoms. The van der Waals surface area contributed by atoms with Gasteiger partial charge in [0.15, 0.2) is 0 Å². The summed E-state index contributed by atoms with van der Waals surface area (Å²) in [6.45, 7) is 4.76. The summed E-state index contributed by atoms with van der Waals surface area (Å²) >= 11 is 0. The number of benzene rings is 2. The van der Waals surface area contributed by atoms with Crippen LogP contribution in [0.5, 0.6) is 0 Å². The summed E-state index contributed by atoms with van der Waals surface area (Å²) in [5, 5.41) is 20.8. The van der Waals surface area contributed by atoms with Crippen molar-refractivity contribution in [1.82, 2.24) is 4.90 Å². The van der Waals surface area contributed by atoms with Gasteiger partial charge in [-0.3, -0.25) is 4.90 Å². The third-order valence-electron chi connectivity index (χ3n) is 6.36. The topological polar surface area (TPSA) is 43.7 Å². The van der Waals surface area contributed by atoms with E-state index in [-0.39, 0.29) is 30.0 Å². The van der Waals surface area contributed by atoms with Gasteiger partial charge in [-0.15, -0.1) is 0 Å². The van der Waals surface area contributed by atoms with Crippen LogP contribution in [0.1, 0.15) is 29.5 Å². The number of likely N-dealkylation sites (tertiary alicyclic amines) is 1. The Morgan fingerprint density at radius 2 is 1.72 bits per heavy atom. The van der Waals surface area contributed by atoms with Gasteiger partial charge in [-0.25, -0.2) is 0 Å². The molecule has 0 bridgehead atoms. The minimum Gasteiger partial charge on any atom is -0.396 e. The maximum Gasteiger partial charge on any atom is 0.0745 e. The molecule has 0 aromatic heterocycles. The van der Waals surface area contributed by atoms with E-state index in [9.17, 15) is 10.2 Å². The van der Waals surface area contributed by atoms with Crippen molar-refractivity contribution in [1.29, 1.82) is 0 Å². The number of nitrogens with zero attached hydrogens (tertiary/aromatic N) is 1. The first-order valence-corrected chi connectivity index (χ1v) is 9.33. The number of aliphatic hydroxyl groups is 2. The predicted molar refractivity (Wildman–Crippen MR) is 99.3 cm³/mol. The monoisotopic (exact) mass is 337 g/mol. The summed E-state index contributed by atoms with van der Waals surface area (Å²) < 4.78 is 0. The molecule has 2 N–H and O–H groups in total. The highest BCUT2D eigenvalue weighted by molar-refractivity contribution is 5.37. The molecule has 0 radical (unpaired) electrons. The fraction of sp³-hybridized carbons (Fsp3) is 0.455. The number of rotatable bonds is 5. The molecular formula is C22H27NO2. The second-order valence-electron chi connectivity index (χ2n) is 7.60. The van der Waals surface area contributed by atoms with Crippen molar-refractivity contribution in [3.05, 3.63) is 71.3 Å². The summed E-state index contributed by atoms with van der Waals surface area (Å²) in [5.41, 5.74) is 3.80. The van der Waals surface area contributed by atoms with Gasteiger partial charge in [-0.1, -0.05) is 61.5 Å². The van der Waals surface area contributed by atoms with Gasteiger partial charge in [0.25, 0.3) is 0 Å². The van der Waals surface area contributed by atoms with E-state index in [4.69, 9.17) is 0 Å². The maximum absolute atomic E-state index is 10.9. The molecule has 1 saturated heterocycles. The molecule has 0 unspecified atom stereocenters. The molecular weight excluding hydrogens is 310 g/mol. The molecule has 1 aliphatic heterocycles. The van der Waals surface area contributed by atoms with Gasteiger partial charge in [0.2, 0.25) is 0 Å². The van der Waals surface area contributed by atoms with Crippen molar-refractivity contribution in [3.8, 4) is 0 Å². The molecule has 1 aliphatic carbocycles. The zero-order valence-electron chi connectivity index (χ0n) is 14.8. The van der Waals surface area contributed by atoms with E-state index in [0.29, 0.717) is 6.54 Å². The van der Waals surface area contributed by atoms with E-state index in [1.807, 2.05) is 18.2 Å². The molecule has 0 amide bonds. The molecule has 1 spiro atoms. The Morgan fingerprint density at radius 3 is 2.40 bits per heavy atom. The lowest BCUT2D eigenvalue weighted by Gasteiger charge is -2.18. The Labute approximate surface area is 149 Å². The highest BCUT2D eigenvalue weighted by atomic mass is 16.3. The molecule has 1 heterocycles. The summed E-state index contributed by atoms with van der Waals surface area (Å²) in [4.78, 5) is 2.37. The third-order valence-corrected chi connectivity index (χ3v) is 6.36. The molecule has 3 nitrogen and oxygen atoms in total. The molecule has 4 atom stereocenters. The van der Waals surface area contributed by atoms with Crippen LogP contribution in [0.15, 0.2) is 54.6 Å². The number of aliphatic hydroxyl groups excluding tert-OH is 2. The first-order chi connectivity index (χ1) is 12.2. The Kier molecular flexibility index (Phi) is 4.40. The average molecular weight is 337 g/mol. The predicted octanol–water partition coefficient (Wildman–Crippen LogP) is 2.82. The minimum absolute atomic E-state index is 0.149. The molecule has 2 aliphatic rings. The quantitative estimate of drug-likeness (QED) is 0.882. The molecule has 2 fully saturated rings. The first-order valence-electron chi connectivity index (χ1n) is 9.33. The number of hydrogen-bond donors (Lipinski definition) is 2. The molecule has 4 rings (SSSR count). The third kappa shape index (κ3) is 2.71. The van der Waals surface area contributed by atoms with Crippen molar-refractivity contribution in [2.45, 2.75) is 31.9 Å². The van der Waals surface area contributed by atoms with Crippen LogP contribution in [-0.2, 0) is 13.0 Å². The highest BCUT2D eigenvalue weighted by Crippen LogP contribution is 2.68. The summed E-state index contributed by atoms with van der Waals surface area (Å²) in [6, 6.07) is 18.9. The lowest BCUT2D eigenvalue weighted by Crippen LogP contribution is -2.23. The van der Waals surface area contributed by atoms with E-state index in [1.165, 1.54) is 16.7 Å². The first kappa shape index (κ1) is 16.8. The van der Waals surface area contributed by atoms with Crippen LogP contribution in [0.3, 0.4) is 0 Å². The number of β-amino-alcohol motifs (C(OH)–C–C–N with tert-alkyl or cyclic N) is 1. The zero-order valence-corrected chi connectivity index (χ0v) is 14.8. The van der Waals surface area contributed by atoms with Crippen molar-refractivity contribution in [2.24, 2.45) is 11.3 Å². The van der Waals surface area contributed by atoms with Crippen molar-refractivity contribution in [3.63, 3.8) is 0 Å². The molecule has 2 aromatic rings. The lowest BCUT2D eigenvalue weighted by molar-refractivity contribution is 0.111. The van der Waals surface area contributed by atoms with Gasteiger partial charge in [0.1, 0.15) is 0 Å². The van der Waals surface area contributed by atoms with Gasteiger partial charge in [-0.05, 0) is 34.9 Å². The van der Waals surface area contributed by atoms with Gasteiger partial charge in [-0.2, -0.15) is 0 Å². The Morgan fingerprint density at radius 1 is 1.04 bits per heavy atom. The van der Waals surface area contributed by atoms with Crippen LogP contribution >= 0.6 is 0 Å². The summed E-state index contributed by atoms with van der Waals surface area (Å²) in [5.74, 6) is 0.427. The smallest absolute Gasteiger partial charge is 0.0745 e. The lowest BCUT2D eigenvalue weighted by atomic mass is 9.95. The Hall–Kier alpha value is -1.68. The largest absolute Gasteiger partial charge is 0.396 e. The van der Waals surface area contributed by atoms with E-state index in [2.05, 4.69) is 48.2 Å². The second-order valence-corrected chi connectivity index (χ2v) is 7.60. The van der Waals surface area contributed by atoms with Crippen LogP contribution in [0.2, 0.25) is 0 Å². The Balaban J connectivity index is 1.55. The summed E-state index contributed by atoms with van der Waals surface area (Å²) in [6.07, 6.45) is 0.660. The zero-order chi connectivity index (χ0) is 17.4.